The van der Waals surface area contributed by atoms with Gasteiger partial charge >= 0.3 is 5.97 Å². The number of nitrogens with zero attached hydrogens (tertiary/aromatic N) is 1. The van der Waals surface area contributed by atoms with Crippen LogP contribution in [0.2, 0.25) is 0 Å². The Bertz CT molecular complexity index is 167. The highest BCUT2D eigenvalue weighted by atomic mass is 79.9. The van der Waals surface area contributed by atoms with Crippen molar-refractivity contribution in [2.75, 3.05) is 27.7 Å². The SMILES string of the molecule is CC(C)OC(=O)CCN[N+](C)(C)C.[Br-]. The molecule has 5 heteroatoms. The largest absolute Gasteiger partial charge is 1.00 e. The molecule has 0 atom stereocenters. The molecule has 0 radical (unpaired) electrons. The van der Waals surface area contributed by atoms with Gasteiger partial charge in [-0.25, -0.2) is 0 Å². The van der Waals surface area contributed by atoms with E-state index in [0.29, 0.717) is 17.6 Å². The molecule has 0 aliphatic heterocycles. The van der Waals surface area contributed by atoms with Crippen LogP contribution in [0.5, 0.6) is 0 Å². The minimum atomic E-state index is -0.143. The molecule has 0 unspecified atom stereocenters. The summed E-state index contributed by atoms with van der Waals surface area (Å²) in [6.45, 7) is 4.35. The number of esters is 1. The third-order valence-electron chi connectivity index (χ3n) is 1.28. The summed E-state index contributed by atoms with van der Waals surface area (Å²) < 4.78 is 5.63. The molecule has 0 aliphatic carbocycles. The van der Waals surface area contributed by atoms with Crippen LogP contribution in [-0.4, -0.2) is 44.4 Å². The van der Waals surface area contributed by atoms with Crippen molar-refractivity contribution in [2.45, 2.75) is 26.4 Å². The number of nitrogens with one attached hydrogen (secondary N) is 1. The molecule has 1 N–H and O–H groups in total. The molecule has 0 saturated heterocycles. The predicted molar refractivity (Wildman–Crippen MR) is 51.9 cm³/mol. The zero-order chi connectivity index (χ0) is 10.5. The molecule has 0 fully saturated rings. The van der Waals surface area contributed by atoms with Crippen LogP contribution in [0.1, 0.15) is 20.3 Å². The molecule has 0 aromatic rings. The van der Waals surface area contributed by atoms with Crippen LogP contribution in [0.15, 0.2) is 0 Å². The van der Waals surface area contributed by atoms with Crippen molar-refractivity contribution in [3.05, 3.63) is 0 Å². The summed E-state index contributed by atoms with van der Waals surface area (Å²) in [5.41, 5.74) is 3.16. The molecule has 14 heavy (non-hydrogen) atoms. The smallest absolute Gasteiger partial charge is 0.307 e. The Labute approximate surface area is 96.9 Å². The Hall–Kier alpha value is -0.130. The first-order valence-electron chi connectivity index (χ1n) is 4.57. The first-order valence-corrected chi connectivity index (χ1v) is 4.57. The van der Waals surface area contributed by atoms with Crippen molar-refractivity contribution in [1.29, 1.82) is 0 Å². The van der Waals surface area contributed by atoms with Crippen LogP contribution in [0.4, 0.5) is 0 Å². The Kier molecular flexibility index (Phi) is 8.39. The Morgan fingerprint density at radius 3 is 2.21 bits per heavy atom. The average molecular weight is 269 g/mol. The molecule has 4 nitrogen and oxygen atoms in total. The van der Waals surface area contributed by atoms with E-state index < -0.39 is 0 Å². The molecular formula is C9H21BrN2O2. The lowest BCUT2D eigenvalue weighted by Crippen LogP contribution is -3.00. The molecule has 0 spiro atoms. The molecule has 86 valence electrons. The Morgan fingerprint density at radius 1 is 1.36 bits per heavy atom. The molecule has 0 rings (SSSR count). The number of carbonyl (C=O) groups is 1. The Morgan fingerprint density at radius 2 is 1.86 bits per heavy atom. The highest BCUT2D eigenvalue weighted by Gasteiger charge is 2.09. The van der Waals surface area contributed by atoms with Gasteiger partial charge in [0, 0.05) is 0 Å². The van der Waals surface area contributed by atoms with Gasteiger partial charge in [0.25, 0.3) is 0 Å². The van der Waals surface area contributed by atoms with Gasteiger partial charge in [0.05, 0.1) is 40.2 Å². The van der Waals surface area contributed by atoms with Crippen molar-refractivity contribution in [3.8, 4) is 0 Å². The number of ether oxygens (including phenoxy) is 1. The van der Waals surface area contributed by atoms with E-state index in [2.05, 4.69) is 5.43 Å². The Balaban J connectivity index is 0. The second kappa shape index (κ2) is 7.20. The van der Waals surface area contributed by atoms with Crippen LogP contribution >= 0.6 is 0 Å². The summed E-state index contributed by atoms with van der Waals surface area (Å²) in [5, 5.41) is 0. The van der Waals surface area contributed by atoms with Crippen molar-refractivity contribution < 1.29 is 31.1 Å². The predicted octanol–water partition coefficient (Wildman–Crippen LogP) is -2.46. The van der Waals surface area contributed by atoms with E-state index in [9.17, 15) is 4.79 Å². The maximum Gasteiger partial charge on any atom is 0.307 e. The lowest BCUT2D eigenvalue weighted by Gasteiger charge is -2.23. The zero-order valence-corrected chi connectivity index (χ0v) is 11.2. The van der Waals surface area contributed by atoms with Crippen molar-refractivity contribution in [1.82, 2.24) is 5.43 Å². The number of hydrogen-bond acceptors (Lipinski definition) is 3. The summed E-state index contributed by atoms with van der Waals surface area (Å²) in [7, 11) is 6.02. The molecule has 0 aromatic heterocycles. The van der Waals surface area contributed by atoms with Crippen molar-refractivity contribution in [2.24, 2.45) is 0 Å². The molecule has 0 bridgehead atoms. The summed E-state index contributed by atoms with van der Waals surface area (Å²) in [5.74, 6) is -0.143. The maximum atomic E-state index is 11.1. The lowest BCUT2D eigenvalue weighted by atomic mass is 10.4. The fraction of sp³-hybridized carbons (Fsp3) is 0.889. The molecular weight excluding hydrogens is 248 g/mol. The molecule has 0 aliphatic rings. The minimum absolute atomic E-state index is 0. The highest BCUT2D eigenvalue weighted by Crippen LogP contribution is 1.92. The third-order valence-corrected chi connectivity index (χ3v) is 1.28. The van der Waals surface area contributed by atoms with E-state index in [1.54, 1.807) is 0 Å². The van der Waals surface area contributed by atoms with Gasteiger partial charge in [-0.1, -0.05) is 0 Å². The van der Waals surface area contributed by atoms with Crippen molar-refractivity contribution in [3.63, 3.8) is 0 Å². The number of halogens is 1. The lowest BCUT2D eigenvalue weighted by molar-refractivity contribution is -0.915. The monoisotopic (exact) mass is 268 g/mol. The first kappa shape index (κ1) is 16.3. The van der Waals surface area contributed by atoms with Gasteiger partial charge < -0.3 is 21.7 Å². The van der Waals surface area contributed by atoms with Gasteiger partial charge in [-0.3, -0.25) is 9.39 Å². The fourth-order valence-electron chi connectivity index (χ4n) is 0.815. The van der Waals surface area contributed by atoms with E-state index >= 15 is 0 Å². The van der Waals surface area contributed by atoms with Gasteiger partial charge in [-0.05, 0) is 13.8 Å². The van der Waals surface area contributed by atoms with E-state index in [1.807, 2.05) is 35.0 Å². The van der Waals surface area contributed by atoms with Gasteiger partial charge in [0.2, 0.25) is 0 Å². The molecule has 0 heterocycles. The average Bonchev–Trinajstić information content (AvgIpc) is 1.81. The first-order chi connectivity index (χ1) is 5.81. The van der Waals surface area contributed by atoms with E-state index in [-0.39, 0.29) is 29.1 Å². The van der Waals surface area contributed by atoms with Crippen LogP contribution in [0, 0.1) is 0 Å². The van der Waals surface area contributed by atoms with E-state index in [1.165, 1.54) is 0 Å². The number of rotatable bonds is 5. The summed E-state index contributed by atoms with van der Waals surface area (Å²) in [6.07, 6.45) is 0.407. The van der Waals surface area contributed by atoms with Crippen LogP contribution < -0.4 is 22.4 Å². The number of hydrogen-bond donors (Lipinski definition) is 1. The molecule has 0 amide bonds. The highest BCUT2D eigenvalue weighted by molar-refractivity contribution is 5.69. The molecule has 0 aromatic carbocycles. The standard InChI is InChI=1S/C9H21N2O2.BrH/c1-8(2)13-9(12)6-7-10-11(3,4)5;/h8,10H,6-7H2,1-5H3;1H/q+1;/p-1. The second-order valence-electron chi connectivity index (χ2n) is 4.21. The van der Waals surface area contributed by atoms with Crippen LogP contribution in [0.3, 0.4) is 0 Å². The summed E-state index contributed by atoms with van der Waals surface area (Å²) in [4.78, 5) is 11.1. The van der Waals surface area contributed by atoms with Gasteiger partial charge in [0.15, 0.2) is 0 Å². The van der Waals surface area contributed by atoms with Crippen LogP contribution in [-0.2, 0) is 9.53 Å². The van der Waals surface area contributed by atoms with E-state index in [4.69, 9.17) is 4.74 Å². The summed E-state index contributed by atoms with van der Waals surface area (Å²) >= 11 is 0. The van der Waals surface area contributed by atoms with Crippen molar-refractivity contribution >= 4 is 5.97 Å². The maximum absolute atomic E-state index is 11.1. The number of quaternary nitrogens is 1. The van der Waals surface area contributed by atoms with Gasteiger partial charge in [-0.15, -0.1) is 0 Å². The molecule has 0 saturated carbocycles. The van der Waals surface area contributed by atoms with E-state index in [0.717, 1.165) is 0 Å². The normalized spacial score (nSPS) is 11.0. The zero-order valence-electron chi connectivity index (χ0n) is 9.63. The quantitative estimate of drug-likeness (QED) is 0.342. The number of carbonyl (C=O) groups excluding carboxylic acids is 1. The minimum Gasteiger partial charge on any atom is -1.00 e. The topological polar surface area (TPSA) is 38.3 Å². The fourth-order valence-corrected chi connectivity index (χ4v) is 0.815. The summed E-state index contributed by atoms with van der Waals surface area (Å²) in [6, 6.07) is 0. The second-order valence-corrected chi connectivity index (χ2v) is 4.21. The van der Waals surface area contributed by atoms with Crippen LogP contribution in [0.25, 0.3) is 0 Å². The van der Waals surface area contributed by atoms with Gasteiger partial charge in [-0.2, -0.15) is 5.43 Å². The third kappa shape index (κ3) is 11.9. The van der Waals surface area contributed by atoms with Gasteiger partial charge in [0.1, 0.15) is 0 Å².